The van der Waals surface area contributed by atoms with Crippen LogP contribution < -0.4 is 11.1 Å². The van der Waals surface area contributed by atoms with Crippen LogP contribution in [0.25, 0.3) is 6.08 Å². The van der Waals surface area contributed by atoms with Gasteiger partial charge in [0.2, 0.25) is 5.91 Å². The van der Waals surface area contributed by atoms with E-state index in [9.17, 15) is 4.79 Å². The summed E-state index contributed by atoms with van der Waals surface area (Å²) in [6.45, 7) is 2.13. The van der Waals surface area contributed by atoms with Crippen LogP contribution in [0.3, 0.4) is 0 Å². The third-order valence-electron chi connectivity index (χ3n) is 2.00. The van der Waals surface area contributed by atoms with Gasteiger partial charge in [0.15, 0.2) is 0 Å². The Morgan fingerprint density at radius 3 is 3.00 bits per heavy atom. The SMILES string of the molecule is CC(=O)NCCC=Cc1cc(N)ccc1Cl. The van der Waals surface area contributed by atoms with E-state index in [1.54, 1.807) is 12.1 Å². The van der Waals surface area contributed by atoms with Crippen LogP contribution in [0, 0.1) is 0 Å². The summed E-state index contributed by atoms with van der Waals surface area (Å²) in [5, 5.41) is 3.38. The number of nitrogen functional groups attached to an aromatic ring is 1. The average Bonchev–Trinajstić information content (AvgIpc) is 2.22. The lowest BCUT2D eigenvalue weighted by Gasteiger charge is -2.00. The lowest BCUT2D eigenvalue weighted by atomic mass is 10.2. The number of anilines is 1. The number of nitrogens with two attached hydrogens (primary N) is 1. The molecule has 3 nitrogen and oxygen atoms in total. The summed E-state index contributed by atoms with van der Waals surface area (Å²) < 4.78 is 0. The second-order valence-corrected chi connectivity index (χ2v) is 3.86. The molecule has 0 atom stereocenters. The summed E-state index contributed by atoms with van der Waals surface area (Å²) in [5.41, 5.74) is 7.23. The van der Waals surface area contributed by atoms with Crippen LogP contribution in [0.2, 0.25) is 5.02 Å². The van der Waals surface area contributed by atoms with Gasteiger partial charge in [0, 0.05) is 24.2 Å². The minimum Gasteiger partial charge on any atom is -0.399 e. The number of halogens is 1. The van der Waals surface area contributed by atoms with Gasteiger partial charge < -0.3 is 11.1 Å². The molecule has 1 rings (SSSR count). The number of rotatable bonds is 4. The summed E-state index contributed by atoms with van der Waals surface area (Å²) in [6, 6.07) is 5.35. The summed E-state index contributed by atoms with van der Waals surface area (Å²) >= 11 is 5.98. The average molecular weight is 239 g/mol. The van der Waals surface area contributed by atoms with Crippen molar-refractivity contribution in [1.82, 2.24) is 5.32 Å². The zero-order chi connectivity index (χ0) is 12.0. The van der Waals surface area contributed by atoms with E-state index >= 15 is 0 Å². The van der Waals surface area contributed by atoms with Gasteiger partial charge in [-0.15, -0.1) is 0 Å². The highest BCUT2D eigenvalue weighted by molar-refractivity contribution is 6.32. The van der Waals surface area contributed by atoms with Gasteiger partial charge in [-0.3, -0.25) is 4.79 Å². The Bertz CT molecular complexity index is 402. The van der Waals surface area contributed by atoms with E-state index in [1.165, 1.54) is 6.92 Å². The fraction of sp³-hybridized carbons (Fsp3) is 0.250. The van der Waals surface area contributed by atoms with Crippen molar-refractivity contribution in [2.24, 2.45) is 0 Å². The maximum absolute atomic E-state index is 10.6. The molecule has 0 heterocycles. The van der Waals surface area contributed by atoms with E-state index in [2.05, 4.69) is 5.32 Å². The Balaban J connectivity index is 2.49. The van der Waals surface area contributed by atoms with Crippen LogP contribution >= 0.6 is 11.6 Å². The molecule has 0 saturated carbocycles. The molecule has 1 amide bonds. The smallest absolute Gasteiger partial charge is 0.216 e. The summed E-state index contributed by atoms with van der Waals surface area (Å²) in [4.78, 5) is 10.6. The topological polar surface area (TPSA) is 55.1 Å². The summed E-state index contributed by atoms with van der Waals surface area (Å²) in [5.74, 6) is -0.0182. The monoisotopic (exact) mass is 238 g/mol. The molecule has 0 fully saturated rings. The van der Waals surface area contributed by atoms with Gasteiger partial charge in [0.05, 0.1) is 0 Å². The Morgan fingerprint density at radius 2 is 2.31 bits per heavy atom. The van der Waals surface area contributed by atoms with Crippen LogP contribution in [-0.4, -0.2) is 12.5 Å². The first-order chi connectivity index (χ1) is 7.59. The molecule has 1 aromatic carbocycles. The van der Waals surface area contributed by atoms with Gasteiger partial charge in [-0.1, -0.05) is 23.8 Å². The molecule has 0 saturated heterocycles. The molecule has 1 aromatic rings. The van der Waals surface area contributed by atoms with Crippen molar-refractivity contribution >= 4 is 29.3 Å². The minimum atomic E-state index is -0.0182. The van der Waals surface area contributed by atoms with E-state index in [1.807, 2.05) is 18.2 Å². The van der Waals surface area contributed by atoms with Crippen LogP contribution in [-0.2, 0) is 4.79 Å². The Hall–Kier alpha value is -1.48. The quantitative estimate of drug-likeness (QED) is 0.625. The predicted octanol–water partition coefficient (Wildman–Crippen LogP) is 2.46. The fourth-order valence-corrected chi connectivity index (χ4v) is 1.41. The van der Waals surface area contributed by atoms with Crippen LogP contribution in [0.4, 0.5) is 5.69 Å². The molecule has 86 valence electrons. The number of carbonyl (C=O) groups excluding carboxylic acids is 1. The van der Waals surface area contributed by atoms with Gasteiger partial charge in [-0.2, -0.15) is 0 Å². The zero-order valence-corrected chi connectivity index (χ0v) is 9.92. The maximum atomic E-state index is 10.6. The van der Waals surface area contributed by atoms with E-state index in [4.69, 9.17) is 17.3 Å². The third-order valence-corrected chi connectivity index (χ3v) is 2.35. The highest BCUT2D eigenvalue weighted by Crippen LogP contribution is 2.20. The number of nitrogens with one attached hydrogen (secondary N) is 1. The normalized spacial score (nSPS) is 10.6. The zero-order valence-electron chi connectivity index (χ0n) is 9.16. The number of benzene rings is 1. The third kappa shape index (κ3) is 4.36. The van der Waals surface area contributed by atoms with E-state index in [-0.39, 0.29) is 5.91 Å². The lowest BCUT2D eigenvalue weighted by molar-refractivity contribution is -0.118. The standard InChI is InChI=1S/C12H15ClN2O/c1-9(16)15-7-3-2-4-10-8-11(14)5-6-12(10)13/h2,4-6,8H,3,7,14H2,1H3,(H,15,16). The molecule has 0 unspecified atom stereocenters. The second kappa shape index (κ2) is 6.18. The predicted molar refractivity (Wildman–Crippen MR) is 68.2 cm³/mol. The molecule has 4 heteroatoms. The van der Waals surface area contributed by atoms with Crippen LogP contribution in [0.1, 0.15) is 18.9 Å². The second-order valence-electron chi connectivity index (χ2n) is 3.45. The van der Waals surface area contributed by atoms with Crippen LogP contribution in [0.15, 0.2) is 24.3 Å². The first-order valence-corrected chi connectivity index (χ1v) is 5.43. The van der Waals surface area contributed by atoms with Crippen molar-refractivity contribution in [1.29, 1.82) is 0 Å². The van der Waals surface area contributed by atoms with Gasteiger partial charge in [0.1, 0.15) is 0 Å². The molecule has 16 heavy (non-hydrogen) atoms. The largest absolute Gasteiger partial charge is 0.399 e. The lowest BCUT2D eigenvalue weighted by Crippen LogP contribution is -2.20. The van der Waals surface area contributed by atoms with Gasteiger partial charge in [-0.05, 0) is 30.2 Å². The highest BCUT2D eigenvalue weighted by atomic mass is 35.5. The molecular weight excluding hydrogens is 224 g/mol. The van der Waals surface area contributed by atoms with Gasteiger partial charge in [0.25, 0.3) is 0 Å². The Labute approximate surface area is 100 Å². The number of hydrogen-bond donors (Lipinski definition) is 2. The molecular formula is C12H15ClN2O. The molecule has 0 aliphatic heterocycles. The molecule has 0 aliphatic rings. The Morgan fingerprint density at radius 1 is 1.56 bits per heavy atom. The summed E-state index contributed by atoms with van der Waals surface area (Å²) in [6.07, 6.45) is 4.63. The van der Waals surface area contributed by atoms with Crippen molar-refractivity contribution < 1.29 is 4.79 Å². The number of carbonyl (C=O) groups is 1. The number of amides is 1. The van der Waals surface area contributed by atoms with Gasteiger partial charge >= 0.3 is 0 Å². The minimum absolute atomic E-state index is 0.0182. The first-order valence-electron chi connectivity index (χ1n) is 5.05. The Kier molecular flexibility index (Phi) is 4.86. The number of hydrogen-bond acceptors (Lipinski definition) is 2. The van der Waals surface area contributed by atoms with E-state index < -0.39 is 0 Å². The van der Waals surface area contributed by atoms with Crippen molar-refractivity contribution in [2.45, 2.75) is 13.3 Å². The van der Waals surface area contributed by atoms with E-state index in [0.29, 0.717) is 17.3 Å². The van der Waals surface area contributed by atoms with E-state index in [0.717, 1.165) is 12.0 Å². The highest BCUT2D eigenvalue weighted by Gasteiger charge is 1.96. The van der Waals surface area contributed by atoms with Crippen molar-refractivity contribution in [3.05, 3.63) is 34.9 Å². The molecule has 0 radical (unpaired) electrons. The fourth-order valence-electron chi connectivity index (χ4n) is 1.23. The first kappa shape index (κ1) is 12.6. The van der Waals surface area contributed by atoms with Crippen LogP contribution in [0.5, 0.6) is 0 Å². The molecule has 0 aromatic heterocycles. The molecule has 0 bridgehead atoms. The molecule has 0 aliphatic carbocycles. The van der Waals surface area contributed by atoms with Crippen molar-refractivity contribution in [3.8, 4) is 0 Å². The molecule has 0 spiro atoms. The maximum Gasteiger partial charge on any atom is 0.216 e. The molecule has 3 N–H and O–H groups in total. The van der Waals surface area contributed by atoms with Gasteiger partial charge in [-0.25, -0.2) is 0 Å². The summed E-state index contributed by atoms with van der Waals surface area (Å²) in [7, 11) is 0. The van der Waals surface area contributed by atoms with Crippen molar-refractivity contribution in [3.63, 3.8) is 0 Å². The van der Waals surface area contributed by atoms with Crippen molar-refractivity contribution in [2.75, 3.05) is 12.3 Å².